The van der Waals surface area contributed by atoms with E-state index in [-0.39, 0.29) is 6.04 Å². The Morgan fingerprint density at radius 2 is 1.90 bits per heavy atom. The molecule has 0 amide bonds. The highest BCUT2D eigenvalue weighted by atomic mass is 16.6. The van der Waals surface area contributed by atoms with E-state index in [0.29, 0.717) is 25.7 Å². The molecule has 1 aliphatic heterocycles. The van der Waals surface area contributed by atoms with Crippen LogP contribution in [0.2, 0.25) is 0 Å². The Morgan fingerprint density at radius 1 is 1.20 bits per heavy atom. The fourth-order valence-corrected chi connectivity index (χ4v) is 2.71. The summed E-state index contributed by atoms with van der Waals surface area (Å²) in [5.41, 5.74) is 7.23. The van der Waals surface area contributed by atoms with Crippen LogP contribution in [0.15, 0.2) is 18.2 Å². The Labute approximate surface area is 121 Å². The topological polar surface area (TPSA) is 47.7 Å². The van der Waals surface area contributed by atoms with Crippen molar-refractivity contribution in [1.82, 2.24) is 4.90 Å². The second-order valence-corrected chi connectivity index (χ2v) is 5.64. The van der Waals surface area contributed by atoms with Crippen LogP contribution in [0.1, 0.15) is 32.4 Å². The molecule has 2 N–H and O–H groups in total. The summed E-state index contributed by atoms with van der Waals surface area (Å²) in [6.45, 7) is 10.6. The van der Waals surface area contributed by atoms with Crippen LogP contribution in [0.3, 0.4) is 0 Å². The molecule has 0 bridgehead atoms. The second-order valence-electron chi connectivity index (χ2n) is 5.64. The summed E-state index contributed by atoms with van der Waals surface area (Å²) in [6, 6.07) is 6.41. The number of likely N-dealkylation sites (N-methyl/N-ethyl adjacent to an activating group) is 1. The Balaban J connectivity index is 2.21. The Hall–Kier alpha value is -1.26. The largest absolute Gasteiger partial charge is 0.486 e. The molecule has 1 unspecified atom stereocenters. The van der Waals surface area contributed by atoms with Crippen LogP contribution in [0.4, 0.5) is 0 Å². The van der Waals surface area contributed by atoms with Crippen molar-refractivity contribution in [2.24, 2.45) is 11.7 Å². The van der Waals surface area contributed by atoms with Crippen molar-refractivity contribution in [3.05, 3.63) is 23.8 Å². The van der Waals surface area contributed by atoms with Gasteiger partial charge in [0.15, 0.2) is 11.5 Å². The molecule has 4 nitrogen and oxygen atoms in total. The number of ether oxygens (including phenoxy) is 2. The summed E-state index contributed by atoms with van der Waals surface area (Å²) in [7, 11) is 0. The molecule has 1 aromatic rings. The normalized spacial score (nSPS) is 15.7. The van der Waals surface area contributed by atoms with Gasteiger partial charge < -0.3 is 15.2 Å². The van der Waals surface area contributed by atoms with Crippen molar-refractivity contribution in [3.8, 4) is 11.5 Å². The predicted octanol–water partition coefficient (Wildman–Crippen LogP) is 2.44. The van der Waals surface area contributed by atoms with Gasteiger partial charge in [-0.1, -0.05) is 26.8 Å². The SMILES string of the molecule is CCN(CC(C)C)C(CN)c1ccc2c(c1)OCCO2. The molecule has 0 aromatic heterocycles. The minimum absolute atomic E-state index is 0.234. The molecule has 112 valence electrons. The maximum absolute atomic E-state index is 6.02. The molecule has 1 aliphatic rings. The molecule has 0 spiro atoms. The highest BCUT2D eigenvalue weighted by Crippen LogP contribution is 2.34. The van der Waals surface area contributed by atoms with Gasteiger partial charge in [-0.05, 0) is 30.2 Å². The molecule has 1 aromatic carbocycles. The molecular formula is C16H26N2O2. The lowest BCUT2D eigenvalue weighted by Crippen LogP contribution is -2.36. The van der Waals surface area contributed by atoms with Gasteiger partial charge in [-0.3, -0.25) is 4.90 Å². The number of fused-ring (bicyclic) bond motifs is 1. The Morgan fingerprint density at radius 3 is 2.50 bits per heavy atom. The average molecular weight is 278 g/mol. The molecule has 1 heterocycles. The zero-order chi connectivity index (χ0) is 14.5. The van der Waals surface area contributed by atoms with Gasteiger partial charge in [0.25, 0.3) is 0 Å². The number of nitrogens with two attached hydrogens (primary N) is 1. The van der Waals surface area contributed by atoms with Gasteiger partial charge in [0, 0.05) is 19.1 Å². The summed E-state index contributed by atoms with van der Waals surface area (Å²) in [6.07, 6.45) is 0. The molecule has 1 atom stereocenters. The van der Waals surface area contributed by atoms with Crippen molar-refractivity contribution >= 4 is 0 Å². The summed E-state index contributed by atoms with van der Waals surface area (Å²) >= 11 is 0. The van der Waals surface area contributed by atoms with E-state index < -0.39 is 0 Å². The van der Waals surface area contributed by atoms with E-state index in [1.54, 1.807) is 0 Å². The van der Waals surface area contributed by atoms with Crippen molar-refractivity contribution in [2.75, 3.05) is 32.8 Å². The summed E-state index contributed by atoms with van der Waals surface area (Å²) in [4.78, 5) is 2.43. The third kappa shape index (κ3) is 3.44. The van der Waals surface area contributed by atoms with Crippen LogP contribution in [-0.4, -0.2) is 37.7 Å². The van der Waals surface area contributed by atoms with Gasteiger partial charge in [-0.2, -0.15) is 0 Å². The van der Waals surface area contributed by atoms with Gasteiger partial charge in [0.2, 0.25) is 0 Å². The highest BCUT2D eigenvalue weighted by molar-refractivity contribution is 5.44. The minimum Gasteiger partial charge on any atom is -0.486 e. The number of hydrogen-bond donors (Lipinski definition) is 1. The third-order valence-corrected chi connectivity index (χ3v) is 3.62. The quantitative estimate of drug-likeness (QED) is 0.868. The fraction of sp³-hybridized carbons (Fsp3) is 0.625. The average Bonchev–Trinajstić information content (AvgIpc) is 2.46. The zero-order valence-corrected chi connectivity index (χ0v) is 12.8. The molecule has 20 heavy (non-hydrogen) atoms. The molecule has 0 saturated heterocycles. The van der Waals surface area contributed by atoms with Crippen molar-refractivity contribution in [1.29, 1.82) is 0 Å². The summed E-state index contributed by atoms with van der Waals surface area (Å²) < 4.78 is 11.2. The van der Waals surface area contributed by atoms with E-state index in [0.717, 1.165) is 24.6 Å². The summed E-state index contributed by atoms with van der Waals surface area (Å²) in [5, 5.41) is 0. The second kappa shape index (κ2) is 6.95. The van der Waals surface area contributed by atoms with Gasteiger partial charge in [0.05, 0.1) is 0 Å². The van der Waals surface area contributed by atoms with Crippen LogP contribution in [0.25, 0.3) is 0 Å². The molecular weight excluding hydrogens is 252 g/mol. The maximum Gasteiger partial charge on any atom is 0.161 e. The Bertz CT molecular complexity index is 434. The molecule has 0 radical (unpaired) electrons. The summed E-state index contributed by atoms with van der Waals surface area (Å²) in [5.74, 6) is 2.30. The number of rotatable bonds is 6. The standard InChI is InChI=1S/C16H26N2O2/c1-4-18(11-12(2)3)14(10-17)13-5-6-15-16(9-13)20-8-7-19-15/h5-6,9,12,14H,4,7-8,10-11,17H2,1-3H3. The van der Waals surface area contributed by atoms with Crippen LogP contribution >= 0.6 is 0 Å². The smallest absolute Gasteiger partial charge is 0.161 e. The van der Waals surface area contributed by atoms with Crippen LogP contribution < -0.4 is 15.2 Å². The first-order valence-corrected chi connectivity index (χ1v) is 7.49. The van der Waals surface area contributed by atoms with E-state index in [1.165, 1.54) is 5.56 Å². The van der Waals surface area contributed by atoms with E-state index in [9.17, 15) is 0 Å². The van der Waals surface area contributed by atoms with Crippen molar-refractivity contribution < 1.29 is 9.47 Å². The van der Waals surface area contributed by atoms with Gasteiger partial charge in [0.1, 0.15) is 13.2 Å². The van der Waals surface area contributed by atoms with Gasteiger partial charge >= 0.3 is 0 Å². The van der Waals surface area contributed by atoms with E-state index in [2.05, 4.69) is 37.8 Å². The first-order valence-electron chi connectivity index (χ1n) is 7.49. The Kier molecular flexibility index (Phi) is 5.26. The highest BCUT2D eigenvalue weighted by Gasteiger charge is 2.21. The van der Waals surface area contributed by atoms with Crippen LogP contribution in [0, 0.1) is 5.92 Å². The lowest BCUT2D eigenvalue weighted by atomic mass is 10.0. The molecule has 2 rings (SSSR count). The first-order chi connectivity index (χ1) is 9.65. The lowest BCUT2D eigenvalue weighted by Gasteiger charge is -2.32. The van der Waals surface area contributed by atoms with Crippen LogP contribution in [-0.2, 0) is 0 Å². The number of hydrogen-bond acceptors (Lipinski definition) is 4. The monoisotopic (exact) mass is 278 g/mol. The lowest BCUT2D eigenvalue weighted by molar-refractivity contribution is 0.168. The fourth-order valence-electron chi connectivity index (χ4n) is 2.71. The third-order valence-electron chi connectivity index (χ3n) is 3.62. The zero-order valence-electron chi connectivity index (χ0n) is 12.8. The van der Waals surface area contributed by atoms with E-state index >= 15 is 0 Å². The number of benzene rings is 1. The number of nitrogens with zero attached hydrogens (tertiary/aromatic N) is 1. The molecule has 4 heteroatoms. The molecule has 0 aliphatic carbocycles. The maximum atomic E-state index is 6.02. The van der Waals surface area contributed by atoms with Crippen molar-refractivity contribution in [3.63, 3.8) is 0 Å². The van der Waals surface area contributed by atoms with Crippen LogP contribution in [0.5, 0.6) is 11.5 Å². The van der Waals surface area contributed by atoms with Crippen molar-refractivity contribution in [2.45, 2.75) is 26.8 Å². The minimum atomic E-state index is 0.234. The van der Waals surface area contributed by atoms with E-state index in [4.69, 9.17) is 15.2 Å². The first kappa shape index (κ1) is 15.1. The molecule has 0 fully saturated rings. The van der Waals surface area contributed by atoms with E-state index in [1.807, 2.05) is 6.07 Å². The predicted molar refractivity (Wildman–Crippen MR) is 81.3 cm³/mol. The van der Waals surface area contributed by atoms with Gasteiger partial charge in [-0.25, -0.2) is 0 Å². The van der Waals surface area contributed by atoms with Gasteiger partial charge in [-0.15, -0.1) is 0 Å². The molecule has 0 saturated carbocycles.